The molecule has 1 saturated heterocycles. The number of halogens is 2. The lowest BCUT2D eigenvalue weighted by Gasteiger charge is -2.25. The SMILES string of the molecule is COCCN1C(=O)C(=O)/C(=C(/O)c2cc(OC)ccc2Cl)C1c1ccccc1F. The van der Waals surface area contributed by atoms with Gasteiger partial charge in [-0.1, -0.05) is 29.8 Å². The molecule has 6 nitrogen and oxygen atoms in total. The topological polar surface area (TPSA) is 76.1 Å². The molecule has 1 N–H and O–H groups in total. The average molecular weight is 420 g/mol. The quantitative estimate of drug-likeness (QED) is 0.440. The maximum absolute atomic E-state index is 14.6. The number of ketones is 1. The Balaban J connectivity index is 2.24. The van der Waals surface area contributed by atoms with Gasteiger partial charge >= 0.3 is 0 Å². The van der Waals surface area contributed by atoms with Crippen molar-refractivity contribution < 1.29 is 28.6 Å². The Hall–Kier alpha value is -2.90. The van der Waals surface area contributed by atoms with Gasteiger partial charge in [-0.05, 0) is 24.3 Å². The first-order chi connectivity index (χ1) is 13.9. The van der Waals surface area contributed by atoms with Crippen molar-refractivity contribution in [3.05, 3.63) is 70.0 Å². The predicted octanol–water partition coefficient (Wildman–Crippen LogP) is 3.56. The molecule has 1 heterocycles. The largest absolute Gasteiger partial charge is 0.507 e. The van der Waals surface area contributed by atoms with Crippen LogP contribution in [0.5, 0.6) is 5.75 Å². The molecule has 0 bridgehead atoms. The Morgan fingerprint density at radius 3 is 2.59 bits per heavy atom. The third-order valence-corrected chi connectivity index (χ3v) is 5.03. The van der Waals surface area contributed by atoms with E-state index in [2.05, 4.69) is 0 Å². The molecule has 0 spiro atoms. The second-order valence-corrected chi connectivity index (χ2v) is 6.76. The third-order valence-electron chi connectivity index (χ3n) is 4.70. The molecule has 0 aromatic heterocycles. The van der Waals surface area contributed by atoms with Crippen molar-refractivity contribution in [3.8, 4) is 5.75 Å². The van der Waals surface area contributed by atoms with Crippen molar-refractivity contribution in [2.75, 3.05) is 27.4 Å². The predicted molar refractivity (Wildman–Crippen MR) is 105 cm³/mol. The molecule has 0 radical (unpaired) electrons. The first-order valence-electron chi connectivity index (χ1n) is 8.76. The fourth-order valence-electron chi connectivity index (χ4n) is 3.28. The number of aliphatic hydroxyl groups excluding tert-OH is 1. The molecule has 1 atom stereocenters. The van der Waals surface area contributed by atoms with Crippen LogP contribution in [0.15, 0.2) is 48.0 Å². The van der Waals surface area contributed by atoms with Gasteiger partial charge in [0.1, 0.15) is 17.3 Å². The number of carbonyl (C=O) groups is 2. The fourth-order valence-corrected chi connectivity index (χ4v) is 3.49. The molecule has 2 aromatic rings. The van der Waals surface area contributed by atoms with Gasteiger partial charge in [-0.2, -0.15) is 0 Å². The Kier molecular flexibility index (Phi) is 6.20. The maximum atomic E-state index is 14.6. The van der Waals surface area contributed by atoms with E-state index in [1.165, 1.54) is 49.5 Å². The molecule has 29 heavy (non-hydrogen) atoms. The summed E-state index contributed by atoms with van der Waals surface area (Å²) in [6, 6.07) is 9.19. The summed E-state index contributed by atoms with van der Waals surface area (Å²) in [4.78, 5) is 26.6. The highest BCUT2D eigenvalue weighted by molar-refractivity contribution is 6.47. The molecular formula is C21H19ClFNO5. The standard InChI is InChI=1S/C21H19ClFNO5/c1-28-10-9-24-18(13-5-3-4-6-16(13)23)17(20(26)21(24)27)19(25)14-11-12(29-2)7-8-15(14)22/h3-8,11,18,25H,9-10H2,1-2H3/b19-17+. The number of methoxy groups -OCH3 is 2. The molecule has 1 fully saturated rings. The molecular weight excluding hydrogens is 401 g/mol. The zero-order valence-corrected chi connectivity index (χ0v) is 16.6. The Labute approximate surface area is 172 Å². The van der Waals surface area contributed by atoms with Crippen molar-refractivity contribution in [1.29, 1.82) is 0 Å². The zero-order chi connectivity index (χ0) is 21.1. The first kappa shape index (κ1) is 20.8. The van der Waals surface area contributed by atoms with Gasteiger partial charge in [0.05, 0.1) is 30.4 Å². The molecule has 8 heteroatoms. The number of likely N-dealkylation sites (tertiary alicyclic amines) is 1. The minimum Gasteiger partial charge on any atom is -0.507 e. The Bertz CT molecular complexity index is 991. The van der Waals surface area contributed by atoms with Crippen molar-refractivity contribution >= 4 is 29.1 Å². The van der Waals surface area contributed by atoms with E-state index in [9.17, 15) is 19.1 Å². The normalized spacial score (nSPS) is 18.3. The number of rotatable bonds is 6. The lowest BCUT2D eigenvalue weighted by Crippen LogP contribution is -2.33. The third kappa shape index (κ3) is 3.83. The van der Waals surface area contributed by atoms with E-state index < -0.39 is 29.3 Å². The van der Waals surface area contributed by atoms with Crippen LogP contribution in [0.2, 0.25) is 5.02 Å². The zero-order valence-electron chi connectivity index (χ0n) is 15.8. The summed E-state index contributed by atoms with van der Waals surface area (Å²) < 4.78 is 24.8. The van der Waals surface area contributed by atoms with Crippen molar-refractivity contribution in [2.24, 2.45) is 0 Å². The highest BCUT2D eigenvalue weighted by atomic mass is 35.5. The van der Waals surface area contributed by atoms with Crippen LogP contribution in [-0.2, 0) is 14.3 Å². The van der Waals surface area contributed by atoms with Crippen LogP contribution in [0.4, 0.5) is 4.39 Å². The first-order valence-corrected chi connectivity index (χ1v) is 9.14. The number of hydrogen-bond donors (Lipinski definition) is 1. The number of benzene rings is 2. The molecule has 152 valence electrons. The molecule has 0 saturated carbocycles. The summed E-state index contributed by atoms with van der Waals surface area (Å²) in [5, 5.41) is 11.1. The minimum absolute atomic E-state index is 0.0443. The van der Waals surface area contributed by atoms with Crippen LogP contribution in [0.1, 0.15) is 17.2 Å². The molecule has 1 aliphatic rings. The number of Topliss-reactive ketones (excluding diaryl/α,β-unsaturated/α-hetero) is 1. The molecule has 1 unspecified atom stereocenters. The van der Waals surface area contributed by atoms with Crippen molar-refractivity contribution in [1.82, 2.24) is 4.90 Å². The lowest BCUT2D eigenvalue weighted by molar-refractivity contribution is -0.140. The van der Waals surface area contributed by atoms with E-state index >= 15 is 0 Å². The van der Waals surface area contributed by atoms with Gasteiger partial charge < -0.3 is 19.5 Å². The second kappa shape index (κ2) is 8.63. The molecule has 2 aromatic carbocycles. The van der Waals surface area contributed by atoms with Crippen LogP contribution >= 0.6 is 11.6 Å². The Morgan fingerprint density at radius 1 is 1.21 bits per heavy atom. The number of carbonyl (C=O) groups excluding carboxylic acids is 2. The van der Waals surface area contributed by atoms with E-state index in [-0.39, 0.29) is 34.9 Å². The maximum Gasteiger partial charge on any atom is 0.295 e. The van der Waals surface area contributed by atoms with Gasteiger partial charge in [0.25, 0.3) is 11.7 Å². The number of amides is 1. The number of hydrogen-bond acceptors (Lipinski definition) is 5. The fraction of sp³-hybridized carbons (Fsp3) is 0.238. The summed E-state index contributed by atoms with van der Waals surface area (Å²) in [6.07, 6.45) is 0. The molecule has 3 rings (SSSR count). The van der Waals surface area contributed by atoms with E-state index in [0.29, 0.717) is 5.75 Å². The molecule has 0 aliphatic carbocycles. The van der Waals surface area contributed by atoms with Gasteiger partial charge in [-0.25, -0.2) is 4.39 Å². The van der Waals surface area contributed by atoms with Gasteiger partial charge in [0.2, 0.25) is 0 Å². The van der Waals surface area contributed by atoms with Gasteiger partial charge in [0.15, 0.2) is 0 Å². The van der Waals surface area contributed by atoms with Gasteiger partial charge in [-0.3, -0.25) is 9.59 Å². The molecule has 1 aliphatic heterocycles. The van der Waals surface area contributed by atoms with E-state index in [1.807, 2.05) is 0 Å². The van der Waals surface area contributed by atoms with Crippen LogP contribution in [0.3, 0.4) is 0 Å². The lowest BCUT2D eigenvalue weighted by atomic mass is 9.95. The monoisotopic (exact) mass is 419 g/mol. The van der Waals surface area contributed by atoms with Crippen molar-refractivity contribution in [2.45, 2.75) is 6.04 Å². The van der Waals surface area contributed by atoms with Crippen LogP contribution in [0, 0.1) is 5.82 Å². The smallest absolute Gasteiger partial charge is 0.295 e. The van der Waals surface area contributed by atoms with E-state index in [0.717, 1.165) is 0 Å². The summed E-state index contributed by atoms with van der Waals surface area (Å²) >= 11 is 6.20. The Morgan fingerprint density at radius 2 is 1.93 bits per heavy atom. The summed E-state index contributed by atoms with van der Waals surface area (Å²) in [6.45, 7) is 0.181. The molecule has 1 amide bonds. The average Bonchev–Trinajstić information content (AvgIpc) is 2.97. The number of aliphatic hydroxyl groups is 1. The summed E-state index contributed by atoms with van der Waals surface area (Å²) in [5.74, 6) is -2.49. The highest BCUT2D eigenvalue weighted by Crippen LogP contribution is 2.41. The van der Waals surface area contributed by atoms with Crippen LogP contribution in [0.25, 0.3) is 5.76 Å². The van der Waals surface area contributed by atoms with E-state index in [4.69, 9.17) is 21.1 Å². The summed E-state index contributed by atoms with van der Waals surface area (Å²) in [7, 11) is 2.89. The van der Waals surface area contributed by atoms with Gasteiger partial charge in [0, 0.05) is 24.8 Å². The number of nitrogens with zero attached hydrogens (tertiary/aromatic N) is 1. The second-order valence-electron chi connectivity index (χ2n) is 6.35. The van der Waals surface area contributed by atoms with Crippen molar-refractivity contribution in [3.63, 3.8) is 0 Å². The number of ether oxygens (including phenoxy) is 2. The van der Waals surface area contributed by atoms with E-state index in [1.54, 1.807) is 12.1 Å². The van der Waals surface area contributed by atoms with Crippen LogP contribution in [-0.4, -0.2) is 49.1 Å². The summed E-state index contributed by atoms with van der Waals surface area (Å²) in [5.41, 5.74) is -0.0492. The van der Waals surface area contributed by atoms with Crippen LogP contribution < -0.4 is 4.74 Å². The van der Waals surface area contributed by atoms with Gasteiger partial charge in [-0.15, -0.1) is 0 Å². The minimum atomic E-state index is -1.12. The highest BCUT2D eigenvalue weighted by Gasteiger charge is 2.46.